The predicted molar refractivity (Wildman–Crippen MR) is 91.6 cm³/mol. The maximum absolute atomic E-state index is 13.4. The Kier molecular flexibility index (Phi) is 5.65. The Balaban J connectivity index is 1.43. The molecule has 1 aliphatic rings. The van der Waals surface area contributed by atoms with Gasteiger partial charge in [0.1, 0.15) is 0 Å². The van der Waals surface area contributed by atoms with Gasteiger partial charge < -0.3 is 15.0 Å². The van der Waals surface area contributed by atoms with Crippen LogP contribution in [0.4, 0.5) is 18.9 Å². The van der Waals surface area contributed by atoms with E-state index in [0.717, 1.165) is 12.5 Å². The number of nitrogens with zero attached hydrogens (tertiary/aromatic N) is 1. The molecule has 3 rings (SSSR count). The highest BCUT2D eigenvalue weighted by molar-refractivity contribution is 5.77. The van der Waals surface area contributed by atoms with Crippen LogP contribution in [0.5, 0.6) is 5.75 Å². The standard InChI is InChI=1S/C19H19F3N2O2/c20-15-6-5-14(9-17(15)22)24-8-7-13(11-24)10-23-19(25)12-26-18-4-2-1-3-16(18)21/h1-6,9,13H,7-8,10-12H2,(H,23,25). The van der Waals surface area contributed by atoms with Crippen molar-refractivity contribution in [1.82, 2.24) is 5.32 Å². The molecule has 1 aliphatic heterocycles. The molecule has 26 heavy (non-hydrogen) atoms. The average molecular weight is 364 g/mol. The molecular formula is C19H19F3N2O2. The van der Waals surface area contributed by atoms with Gasteiger partial charge in [0.2, 0.25) is 0 Å². The van der Waals surface area contributed by atoms with Crippen molar-refractivity contribution in [3.8, 4) is 5.75 Å². The fourth-order valence-corrected chi connectivity index (χ4v) is 2.93. The Morgan fingerprint density at radius 1 is 1.12 bits per heavy atom. The second-order valence-electron chi connectivity index (χ2n) is 6.22. The van der Waals surface area contributed by atoms with Crippen LogP contribution in [0.2, 0.25) is 0 Å². The van der Waals surface area contributed by atoms with E-state index in [9.17, 15) is 18.0 Å². The highest BCUT2D eigenvalue weighted by Gasteiger charge is 2.23. The zero-order valence-corrected chi connectivity index (χ0v) is 14.1. The van der Waals surface area contributed by atoms with E-state index in [0.29, 0.717) is 25.3 Å². The molecule has 1 amide bonds. The van der Waals surface area contributed by atoms with Gasteiger partial charge in [-0.3, -0.25) is 4.79 Å². The highest BCUT2D eigenvalue weighted by atomic mass is 19.2. The molecule has 138 valence electrons. The Hall–Kier alpha value is -2.70. The van der Waals surface area contributed by atoms with E-state index >= 15 is 0 Å². The lowest BCUT2D eigenvalue weighted by atomic mass is 10.1. The predicted octanol–water partition coefficient (Wildman–Crippen LogP) is 3.13. The third-order valence-electron chi connectivity index (χ3n) is 4.34. The summed E-state index contributed by atoms with van der Waals surface area (Å²) in [5.74, 6) is -2.36. The molecule has 0 bridgehead atoms. The molecule has 0 saturated carbocycles. The SMILES string of the molecule is O=C(COc1ccccc1F)NCC1CCN(c2ccc(F)c(F)c2)C1. The second-order valence-corrected chi connectivity index (χ2v) is 6.22. The van der Waals surface area contributed by atoms with E-state index in [1.807, 2.05) is 4.90 Å². The van der Waals surface area contributed by atoms with Crippen LogP contribution >= 0.6 is 0 Å². The smallest absolute Gasteiger partial charge is 0.257 e. The normalized spacial score (nSPS) is 16.6. The quantitative estimate of drug-likeness (QED) is 0.856. The first-order valence-electron chi connectivity index (χ1n) is 8.37. The monoisotopic (exact) mass is 364 g/mol. The molecule has 4 nitrogen and oxygen atoms in total. The van der Waals surface area contributed by atoms with Gasteiger partial charge in [0.05, 0.1) is 0 Å². The first kappa shape index (κ1) is 18.1. The molecule has 1 heterocycles. The van der Waals surface area contributed by atoms with Gasteiger partial charge in [0.15, 0.2) is 29.8 Å². The molecule has 2 aromatic carbocycles. The van der Waals surface area contributed by atoms with Gasteiger partial charge in [-0.25, -0.2) is 13.2 Å². The summed E-state index contributed by atoms with van der Waals surface area (Å²) in [5, 5.41) is 2.76. The van der Waals surface area contributed by atoms with Crippen LogP contribution in [-0.4, -0.2) is 32.1 Å². The molecule has 1 fully saturated rings. The van der Waals surface area contributed by atoms with Gasteiger partial charge in [-0.1, -0.05) is 12.1 Å². The molecule has 1 unspecified atom stereocenters. The lowest BCUT2D eigenvalue weighted by Gasteiger charge is -2.19. The number of carbonyl (C=O) groups excluding carboxylic acids is 1. The molecule has 2 aromatic rings. The lowest BCUT2D eigenvalue weighted by Crippen LogP contribution is -2.34. The van der Waals surface area contributed by atoms with E-state index in [2.05, 4.69) is 5.32 Å². The van der Waals surface area contributed by atoms with Crippen LogP contribution in [0.15, 0.2) is 42.5 Å². The van der Waals surface area contributed by atoms with Crippen LogP contribution in [0.1, 0.15) is 6.42 Å². The summed E-state index contributed by atoms with van der Waals surface area (Å²) < 4.78 is 44.9. The van der Waals surface area contributed by atoms with Crippen LogP contribution in [0, 0.1) is 23.4 Å². The minimum absolute atomic E-state index is 0.0352. The summed E-state index contributed by atoms with van der Waals surface area (Å²) in [6.07, 6.45) is 0.827. The fourth-order valence-electron chi connectivity index (χ4n) is 2.93. The van der Waals surface area contributed by atoms with Gasteiger partial charge in [0.25, 0.3) is 5.91 Å². The van der Waals surface area contributed by atoms with Crippen LogP contribution in [0.3, 0.4) is 0 Å². The van der Waals surface area contributed by atoms with Crippen molar-refractivity contribution in [2.24, 2.45) is 5.92 Å². The molecule has 0 radical (unpaired) electrons. The molecule has 0 aliphatic carbocycles. The van der Waals surface area contributed by atoms with Crippen molar-refractivity contribution < 1.29 is 22.7 Å². The first-order valence-corrected chi connectivity index (χ1v) is 8.37. The van der Waals surface area contributed by atoms with Gasteiger partial charge in [-0.15, -0.1) is 0 Å². The van der Waals surface area contributed by atoms with E-state index in [1.54, 1.807) is 18.2 Å². The Morgan fingerprint density at radius 3 is 2.69 bits per heavy atom. The van der Waals surface area contributed by atoms with Crippen molar-refractivity contribution in [2.75, 3.05) is 31.1 Å². The van der Waals surface area contributed by atoms with Gasteiger partial charge in [0, 0.05) is 31.4 Å². The van der Waals surface area contributed by atoms with Crippen molar-refractivity contribution in [1.29, 1.82) is 0 Å². The third-order valence-corrected chi connectivity index (χ3v) is 4.34. The zero-order valence-electron chi connectivity index (χ0n) is 14.1. The van der Waals surface area contributed by atoms with E-state index in [4.69, 9.17) is 4.74 Å². The molecule has 1 atom stereocenters. The number of carbonyl (C=O) groups is 1. The summed E-state index contributed by atoms with van der Waals surface area (Å²) >= 11 is 0. The lowest BCUT2D eigenvalue weighted by molar-refractivity contribution is -0.123. The average Bonchev–Trinajstić information content (AvgIpc) is 3.10. The fraction of sp³-hybridized carbons (Fsp3) is 0.316. The number of anilines is 1. The first-order chi connectivity index (χ1) is 12.5. The van der Waals surface area contributed by atoms with Crippen molar-refractivity contribution in [3.05, 3.63) is 59.9 Å². The minimum atomic E-state index is -0.871. The summed E-state index contributed by atoms with van der Waals surface area (Å²) in [5.41, 5.74) is 0.626. The topological polar surface area (TPSA) is 41.6 Å². The maximum atomic E-state index is 13.4. The van der Waals surface area contributed by atoms with Crippen molar-refractivity contribution >= 4 is 11.6 Å². The minimum Gasteiger partial charge on any atom is -0.481 e. The number of halogens is 3. The summed E-state index contributed by atoms with van der Waals surface area (Å²) in [6, 6.07) is 9.72. The van der Waals surface area contributed by atoms with E-state index in [-0.39, 0.29) is 24.2 Å². The number of amides is 1. The maximum Gasteiger partial charge on any atom is 0.257 e. The largest absolute Gasteiger partial charge is 0.481 e. The number of hydrogen-bond acceptors (Lipinski definition) is 3. The number of hydrogen-bond donors (Lipinski definition) is 1. The van der Waals surface area contributed by atoms with Gasteiger partial charge in [-0.2, -0.15) is 0 Å². The van der Waals surface area contributed by atoms with Crippen molar-refractivity contribution in [3.63, 3.8) is 0 Å². The van der Waals surface area contributed by atoms with Crippen molar-refractivity contribution in [2.45, 2.75) is 6.42 Å². The van der Waals surface area contributed by atoms with Gasteiger partial charge in [-0.05, 0) is 36.6 Å². The van der Waals surface area contributed by atoms with Crippen LogP contribution in [0.25, 0.3) is 0 Å². The van der Waals surface area contributed by atoms with Crippen LogP contribution < -0.4 is 15.0 Å². The molecule has 1 saturated heterocycles. The van der Waals surface area contributed by atoms with E-state index in [1.165, 1.54) is 18.2 Å². The molecule has 0 aromatic heterocycles. The number of nitrogens with one attached hydrogen (secondary N) is 1. The molecule has 7 heteroatoms. The highest BCUT2D eigenvalue weighted by Crippen LogP contribution is 2.25. The molecule has 1 N–H and O–H groups in total. The summed E-state index contributed by atoms with van der Waals surface area (Å²) in [6.45, 7) is 1.52. The zero-order chi connectivity index (χ0) is 18.5. The number of rotatable bonds is 6. The Labute approximate surface area is 149 Å². The summed E-state index contributed by atoms with van der Waals surface area (Å²) in [7, 11) is 0. The Morgan fingerprint density at radius 2 is 1.92 bits per heavy atom. The second kappa shape index (κ2) is 8.12. The van der Waals surface area contributed by atoms with Crippen LogP contribution in [-0.2, 0) is 4.79 Å². The number of ether oxygens (including phenoxy) is 1. The van der Waals surface area contributed by atoms with E-state index < -0.39 is 17.5 Å². The summed E-state index contributed by atoms with van der Waals surface area (Å²) in [4.78, 5) is 13.8. The molecular weight excluding hydrogens is 345 g/mol. The Bertz CT molecular complexity index is 785. The number of para-hydroxylation sites is 1. The number of benzene rings is 2. The third kappa shape index (κ3) is 4.47. The molecule has 0 spiro atoms. The van der Waals surface area contributed by atoms with Gasteiger partial charge >= 0.3 is 0 Å².